The topological polar surface area (TPSA) is 71.5 Å². The van der Waals surface area contributed by atoms with E-state index in [1.165, 1.54) is 4.90 Å². The van der Waals surface area contributed by atoms with Gasteiger partial charge in [0.15, 0.2) is 11.6 Å². The van der Waals surface area contributed by atoms with Crippen LogP contribution in [0.15, 0.2) is 48.7 Å². The molecule has 1 saturated carbocycles. The third-order valence-corrected chi connectivity index (χ3v) is 4.87. The van der Waals surface area contributed by atoms with Crippen molar-refractivity contribution in [2.24, 2.45) is 0 Å². The van der Waals surface area contributed by atoms with Gasteiger partial charge in [0.1, 0.15) is 6.54 Å². The summed E-state index contributed by atoms with van der Waals surface area (Å²) < 4.78 is 5.89. The average molecular weight is 351 g/mol. The van der Waals surface area contributed by atoms with Crippen LogP contribution in [0.1, 0.15) is 37.4 Å². The summed E-state index contributed by atoms with van der Waals surface area (Å²) in [5, 5.41) is 3.03. The number of ether oxygens (including phenoxy) is 1. The molecule has 2 aromatic rings. The Labute approximate surface area is 152 Å². The summed E-state index contributed by atoms with van der Waals surface area (Å²) in [5.41, 5.74) is 0.758. The summed E-state index contributed by atoms with van der Waals surface area (Å²) in [4.78, 5) is 31.2. The highest BCUT2D eigenvalue weighted by molar-refractivity contribution is 6.03. The van der Waals surface area contributed by atoms with Crippen molar-refractivity contribution in [1.29, 1.82) is 0 Å². The molecule has 26 heavy (non-hydrogen) atoms. The first kappa shape index (κ1) is 16.6. The lowest BCUT2D eigenvalue weighted by atomic mass is 10.1. The molecule has 2 aliphatic rings. The molecule has 1 fully saturated rings. The Hall–Kier alpha value is -2.89. The number of aromatic nitrogens is 1. The molecule has 2 amide bonds. The fourth-order valence-corrected chi connectivity index (χ4v) is 3.58. The molecule has 1 atom stereocenters. The summed E-state index contributed by atoms with van der Waals surface area (Å²) in [6.07, 6.45) is 5.12. The maximum Gasteiger partial charge on any atom is 0.274 e. The number of carbonyl (C=O) groups is 2. The van der Waals surface area contributed by atoms with Gasteiger partial charge in [0.25, 0.3) is 5.91 Å². The maximum absolute atomic E-state index is 13.0. The van der Waals surface area contributed by atoms with Crippen LogP contribution in [0.2, 0.25) is 0 Å². The van der Waals surface area contributed by atoms with E-state index in [1.807, 2.05) is 30.3 Å². The highest BCUT2D eigenvalue weighted by Gasteiger charge is 2.37. The van der Waals surface area contributed by atoms with Crippen LogP contribution in [0.25, 0.3) is 0 Å². The van der Waals surface area contributed by atoms with Gasteiger partial charge in [0, 0.05) is 17.8 Å². The molecule has 0 radical (unpaired) electrons. The monoisotopic (exact) mass is 351 g/mol. The van der Waals surface area contributed by atoms with Gasteiger partial charge in [-0.2, -0.15) is 0 Å². The van der Waals surface area contributed by atoms with Crippen molar-refractivity contribution in [1.82, 2.24) is 10.3 Å². The molecule has 0 spiro atoms. The Bertz CT molecular complexity index is 803. The van der Waals surface area contributed by atoms with Crippen molar-refractivity contribution in [2.45, 2.75) is 37.8 Å². The van der Waals surface area contributed by atoms with Gasteiger partial charge in [-0.25, -0.2) is 4.98 Å². The second-order valence-electron chi connectivity index (χ2n) is 6.71. The SMILES string of the molecule is O=C(CN1C(=O)C(c2ccccc2)Oc2cccnc21)NC1CCCC1. The minimum Gasteiger partial charge on any atom is -0.472 e. The van der Waals surface area contributed by atoms with Crippen LogP contribution in [0, 0.1) is 0 Å². The molecule has 1 unspecified atom stereocenters. The summed E-state index contributed by atoms with van der Waals surface area (Å²) in [6, 6.07) is 13.1. The van der Waals surface area contributed by atoms with Gasteiger partial charge in [0.05, 0.1) is 0 Å². The first-order chi connectivity index (χ1) is 12.7. The quantitative estimate of drug-likeness (QED) is 0.919. The van der Waals surface area contributed by atoms with Gasteiger partial charge in [0.2, 0.25) is 12.0 Å². The highest BCUT2D eigenvalue weighted by Crippen LogP contribution is 2.36. The molecule has 6 nitrogen and oxygen atoms in total. The Morgan fingerprint density at radius 2 is 1.92 bits per heavy atom. The largest absolute Gasteiger partial charge is 0.472 e. The van der Waals surface area contributed by atoms with E-state index >= 15 is 0 Å². The van der Waals surface area contributed by atoms with Crippen LogP contribution in [-0.4, -0.2) is 29.4 Å². The van der Waals surface area contributed by atoms with E-state index < -0.39 is 6.10 Å². The maximum atomic E-state index is 13.0. The van der Waals surface area contributed by atoms with Gasteiger partial charge < -0.3 is 10.1 Å². The Balaban J connectivity index is 1.59. The number of nitrogens with zero attached hydrogens (tertiary/aromatic N) is 2. The van der Waals surface area contributed by atoms with E-state index in [2.05, 4.69) is 10.3 Å². The van der Waals surface area contributed by atoms with Crippen molar-refractivity contribution in [3.8, 4) is 5.75 Å². The number of hydrogen-bond donors (Lipinski definition) is 1. The molecular weight excluding hydrogens is 330 g/mol. The van der Waals surface area contributed by atoms with Crippen LogP contribution < -0.4 is 15.0 Å². The zero-order valence-corrected chi connectivity index (χ0v) is 14.4. The number of nitrogens with one attached hydrogen (secondary N) is 1. The van der Waals surface area contributed by atoms with E-state index in [0.29, 0.717) is 11.6 Å². The molecule has 6 heteroatoms. The summed E-state index contributed by atoms with van der Waals surface area (Å²) in [6.45, 7) is -0.0496. The fraction of sp³-hybridized carbons (Fsp3) is 0.350. The number of pyridine rings is 1. The van der Waals surface area contributed by atoms with Gasteiger partial charge in [-0.3, -0.25) is 14.5 Å². The van der Waals surface area contributed by atoms with Crippen LogP contribution in [-0.2, 0) is 9.59 Å². The molecule has 0 saturated heterocycles. The number of benzene rings is 1. The average Bonchev–Trinajstić information content (AvgIpc) is 3.17. The fourth-order valence-electron chi connectivity index (χ4n) is 3.58. The van der Waals surface area contributed by atoms with Gasteiger partial charge >= 0.3 is 0 Å². The standard InChI is InChI=1S/C20H21N3O3/c24-17(22-15-9-4-5-10-15)13-23-19-16(11-6-12-21-19)26-18(20(23)25)14-7-2-1-3-8-14/h1-3,6-8,11-12,15,18H,4-5,9-10,13H2,(H,22,24). The van der Waals surface area contributed by atoms with Gasteiger partial charge in [-0.05, 0) is 25.0 Å². The van der Waals surface area contributed by atoms with Crippen molar-refractivity contribution < 1.29 is 14.3 Å². The summed E-state index contributed by atoms with van der Waals surface area (Å²) in [7, 11) is 0. The summed E-state index contributed by atoms with van der Waals surface area (Å²) in [5.74, 6) is 0.473. The second-order valence-corrected chi connectivity index (χ2v) is 6.71. The second kappa shape index (κ2) is 7.15. The zero-order chi connectivity index (χ0) is 17.9. The number of amides is 2. The van der Waals surface area contributed by atoms with Crippen LogP contribution in [0.4, 0.5) is 5.82 Å². The Morgan fingerprint density at radius 3 is 2.69 bits per heavy atom. The number of rotatable bonds is 4. The van der Waals surface area contributed by atoms with Crippen LogP contribution in [0.3, 0.4) is 0 Å². The van der Waals surface area contributed by atoms with Crippen molar-refractivity contribution in [2.75, 3.05) is 11.4 Å². The van der Waals surface area contributed by atoms with E-state index in [9.17, 15) is 9.59 Å². The van der Waals surface area contributed by atoms with Gasteiger partial charge in [-0.15, -0.1) is 0 Å². The van der Waals surface area contributed by atoms with Gasteiger partial charge in [-0.1, -0.05) is 43.2 Å². The van der Waals surface area contributed by atoms with E-state index in [0.717, 1.165) is 31.2 Å². The zero-order valence-electron chi connectivity index (χ0n) is 14.4. The summed E-state index contributed by atoms with van der Waals surface area (Å²) >= 11 is 0. The predicted octanol–water partition coefficient (Wildman–Crippen LogP) is 2.61. The van der Waals surface area contributed by atoms with Crippen molar-refractivity contribution in [3.63, 3.8) is 0 Å². The van der Waals surface area contributed by atoms with Crippen LogP contribution in [0.5, 0.6) is 5.75 Å². The van der Waals surface area contributed by atoms with Crippen molar-refractivity contribution in [3.05, 3.63) is 54.2 Å². The number of hydrogen-bond acceptors (Lipinski definition) is 4. The Kier molecular flexibility index (Phi) is 4.56. The third kappa shape index (κ3) is 3.27. The first-order valence-electron chi connectivity index (χ1n) is 9.00. The minimum atomic E-state index is -0.771. The lowest BCUT2D eigenvalue weighted by Gasteiger charge is -2.33. The molecule has 0 bridgehead atoms. The molecule has 1 aromatic carbocycles. The Morgan fingerprint density at radius 1 is 1.15 bits per heavy atom. The van der Waals surface area contributed by atoms with E-state index in [1.54, 1.807) is 18.3 Å². The molecular formula is C20H21N3O3. The smallest absolute Gasteiger partial charge is 0.274 e. The molecule has 1 N–H and O–H groups in total. The molecule has 4 rings (SSSR count). The first-order valence-corrected chi connectivity index (χ1v) is 9.00. The normalized spacial score (nSPS) is 19.8. The molecule has 1 aromatic heterocycles. The van der Waals surface area contributed by atoms with E-state index in [-0.39, 0.29) is 24.4 Å². The molecule has 2 heterocycles. The predicted molar refractivity (Wildman–Crippen MR) is 96.8 cm³/mol. The number of carbonyl (C=O) groups excluding carboxylic acids is 2. The van der Waals surface area contributed by atoms with Crippen LogP contribution >= 0.6 is 0 Å². The highest BCUT2D eigenvalue weighted by atomic mass is 16.5. The number of fused-ring (bicyclic) bond motifs is 1. The van der Waals surface area contributed by atoms with Crippen molar-refractivity contribution >= 4 is 17.6 Å². The molecule has 1 aliphatic heterocycles. The number of anilines is 1. The lowest BCUT2D eigenvalue weighted by Crippen LogP contribution is -2.48. The van der Waals surface area contributed by atoms with E-state index in [4.69, 9.17) is 4.74 Å². The third-order valence-electron chi connectivity index (χ3n) is 4.87. The molecule has 1 aliphatic carbocycles. The minimum absolute atomic E-state index is 0.0496. The molecule has 134 valence electrons. The lowest BCUT2D eigenvalue weighted by molar-refractivity contribution is -0.129.